The summed E-state index contributed by atoms with van der Waals surface area (Å²) in [4.78, 5) is 15.5. The van der Waals surface area contributed by atoms with E-state index < -0.39 is 0 Å². The lowest BCUT2D eigenvalue weighted by Gasteiger charge is -2.33. The van der Waals surface area contributed by atoms with Crippen molar-refractivity contribution in [1.82, 2.24) is 9.80 Å². The van der Waals surface area contributed by atoms with Gasteiger partial charge in [-0.3, -0.25) is 9.69 Å². The minimum absolute atomic E-state index is 0.0413. The smallest absolute Gasteiger partial charge is 0.225 e. The zero-order valence-corrected chi connectivity index (χ0v) is 14.1. The summed E-state index contributed by atoms with van der Waals surface area (Å²) in [5, 5.41) is 18.1. The van der Waals surface area contributed by atoms with Crippen LogP contribution in [0.2, 0.25) is 5.02 Å². The molecule has 0 bridgehead atoms. The second kappa shape index (κ2) is 9.24. The number of hydrogen-bond acceptors (Lipinski definition) is 5. The summed E-state index contributed by atoms with van der Waals surface area (Å²) in [7, 11) is 0. The number of benzene rings is 1. The fourth-order valence-corrected chi connectivity index (χ4v) is 2.73. The maximum absolute atomic E-state index is 12.1. The van der Waals surface area contributed by atoms with Crippen molar-refractivity contribution in [1.29, 1.82) is 10.5 Å². The van der Waals surface area contributed by atoms with Crippen molar-refractivity contribution in [2.24, 2.45) is 0 Å². The van der Waals surface area contributed by atoms with Crippen LogP contribution < -0.4 is 0 Å². The van der Waals surface area contributed by atoms with E-state index in [0.29, 0.717) is 24.7 Å². The second-order valence-corrected chi connectivity index (χ2v) is 5.96. The second-order valence-electron chi connectivity index (χ2n) is 5.53. The average molecular weight is 347 g/mol. The molecule has 0 radical (unpaired) electrons. The summed E-state index contributed by atoms with van der Waals surface area (Å²) in [5.41, 5.74) is 1.06. The number of amides is 1. The van der Waals surface area contributed by atoms with E-state index >= 15 is 0 Å². The van der Waals surface area contributed by atoms with Gasteiger partial charge in [-0.05, 0) is 17.7 Å². The number of hydrogen-bond donors (Lipinski definition) is 0. The number of rotatable bonds is 6. The third-order valence-electron chi connectivity index (χ3n) is 3.91. The minimum atomic E-state index is -0.173. The van der Waals surface area contributed by atoms with Gasteiger partial charge in [0.2, 0.25) is 5.91 Å². The molecule has 1 aromatic rings. The van der Waals surface area contributed by atoms with Crippen LogP contribution >= 0.6 is 11.6 Å². The molecule has 0 saturated carbocycles. The first-order chi connectivity index (χ1) is 11.6. The molecular weight excluding hydrogens is 328 g/mol. The molecule has 24 heavy (non-hydrogen) atoms. The molecule has 1 aromatic carbocycles. The van der Waals surface area contributed by atoms with E-state index in [9.17, 15) is 4.79 Å². The zero-order chi connectivity index (χ0) is 17.4. The van der Waals surface area contributed by atoms with Gasteiger partial charge in [0.15, 0.2) is 0 Å². The quantitative estimate of drug-likeness (QED) is 0.736. The standard InChI is InChI=1S/C17H19ClN4O2/c18-15-3-1-14(2-4-15)16-13-21(11-12-24-16)8-5-17(23)22(9-6-19)10-7-20/h1-4,16H,5,8-13H2/t16-/m1/s1. The van der Waals surface area contributed by atoms with Gasteiger partial charge in [-0.25, -0.2) is 0 Å². The van der Waals surface area contributed by atoms with Crippen molar-refractivity contribution in [3.05, 3.63) is 34.9 Å². The van der Waals surface area contributed by atoms with Crippen molar-refractivity contribution in [3.63, 3.8) is 0 Å². The molecule has 1 amide bonds. The van der Waals surface area contributed by atoms with Crippen LogP contribution in [0.4, 0.5) is 0 Å². The topological polar surface area (TPSA) is 80.4 Å². The Balaban J connectivity index is 1.86. The van der Waals surface area contributed by atoms with Gasteiger partial charge in [0.05, 0.1) is 24.8 Å². The fourth-order valence-electron chi connectivity index (χ4n) is 2.60. The van der Waals surface area contributed by atoms with E-state index in [2.05, 4.69) is 4.90 Å². The van der Waals surface area contributed by atoms with E-state index in [1.165, 1.54) is 4.90 Å². The summed E-state index contributed by atoms with van der Waals surface area (Å²) in [6, 6.07) is 11.4. The van der Waals surface area contributed by atoms with Crippen LogP contribution in [0.1, 0.15) is 18.1 Å². The molecule has 0 spiro atoms. The van der Waals surface area contributed by atoms with Gasteiger partial charge in [0.25, 0.3) is 0 Å². The summed E-state index contributed by atoms with van der Waals surface area (Å²) < 4.78 is 5.80. The van der Waals surface area contributed by atoms with E-state index in [4.69, 9.17) is 26.9 Å². The van der Waals surface area contributed by atoms with Crippen molar-refractivity contribution in [2.45, 2.75) is 12.5 Å². The molecule has 0 aliphatic carbocycles. The Morgan fingerprint density at radius 3 is 2.58 bits per heavy atom. The molecule has 1 fully saturated rings. The zero-order valence-electron chi connectivity index (χ0n) is 13.3. The Morgan fingerprint density at radius 1 is 1.29 bits per heavy atom. The number of nitrogens with zero attached hydrogens (tertiary/aromatic N) is 4. The molecule has 1 aliphatic heterocycles. The first kappa shape index (κ1) is 18.2. The van der Waals surface area contributed by atoms with Crippen molar-refractivity contribution >= 4 is 17.5 Å². The number of nitriles is 2. The number of carbonyl (C=O) groups is 1. The molecule has 7 heteroatoms. The lowest BCUT2D eigenvalue weighted by Crippen LogP contribution is -2.41. The van der Waals surface area contributed by atoms with Gasteiger partial charge >= 0.3 is 0 Å². The number of ether oxygens (including phenoxy) is 1. The van der Waals surface area contributed by atoms with Crippen LogP contribution in [0.5, 0.6) is 0 Å². The van der Waals surface area contributed by atoms with E-state index in [1.807, 2.05) is 36.4 Å². The van der Waals surface area contributed by atoms with Crippen molar-refractivity contribution < 1.29 is 9.53 Å². The lowest BCUT2D eigenvalue weighted by atomic mass is 10.1. The summed E-state index contributed by atoms with van der Waals surface area (Å²) in [6.45, 7) is 2.53. The Labute approximate surface area is 146 Å². The average Bonchev–Trinajstić information content (AvgIpc) is 2.60. The Kier molecular flexibility index (Phi) is 7.02. The molecule has 0 aromatic heterocycles. The largest absolute Gasteiger partial charge is 0.371 e. The van der Waals surface area contributed by atoms with Crippen LogP contribution in [-0.4, -0.2) is 55.0 Å². The molecule has 1 atom stereocenters. The molecule has 1 saturated heterocycles. The van der Waals surface area contributed by atoms with Gasteiger partial charge in [-0.1, -0.05) is 23.7 Å². The highest BCUT2D eigenvalue weighted by molar-refractivity contribution is 6.30. The van der Waals surface area contributed by atoms with E-state index in [-0.39, 0.29) is 31.5 Å². The predicted molar refractivity (Wildman–Crippen MR) is 89.0 cm³/mol. The first-order valence-electron chi connectivity index (χ1n) is 7.75. The van der Waals surface area contributed by atoms with E-state index in [1.54, 1.807) is 0 Å². The van der Waals surface area contributed by atoms with Crippen molar-refractivity contribution in [3.8, 4) is 12.1 Å². The number of carbonyl (C=O) groups excluding carboxylic acids is 1. The van der Waals surface area contributed by atoms with Crippen LogP contribution in [-0.2, 0) is 9.53 Å². The number of morpholine rings is 1. The molecule has 2 rings (SSSR count). The third kappa shape index (κ3) is 5.21. The van der Waals surface area contributed by atoms with Crippen LogP contribution in [0.25, 0.3) is 0 Å². The fraction of sp³-hybridized carbons (Fsp3) is 0.471. The van der Waals surface area contributed by atoms with Crippen LogP contribution in [0.15, 0.2) is 24.3 Å². The minimum Gasteiger partial charge on any atom is -0.371 e. The SMILES string of the molecule is N#CCN(CC#N)C(=O)CCN1CCO[C@@H](c2ccc(Cl)cc2)C1. The number of halogens is 1. The van der Waals surface area contributed by atoms with Crippen molar-refractivity contribution in [2.75, 3.05) is 39.3 Å². The Bertz CT molecular complexity index is 619. The van der Waals surface area contributed by atoms with Gasteiger partial charge in [0, 0.05) is 31.1 Å². The first-order valence-corrected chi connectivity index (χ1v) is 8.13. The molecule has 126 valence electrons. The monoisotopic (exact) mass is 346 g/mol. The molecule has 6 nitrogen and oxygen atoms in total. The maximum atomic E-state index is 12.1. The molecular formula is C17H19ClN4O2. The van der Waals surface area contributed by atoms with Crippen LogP contribution in [0, 0.1) is 22.7 Å². The van der Waals surface area contributed by atoms with Gasteiger partial charge < -0.3 is 9.64 Å². The predicted octanol–water partition coefficient (Wildman–Crippen LogP) is 1.98. The van der Waals surface area contributed by atoms with Crippen LogP contribution in [0.3, 0.4) is 0 Å². The maximum Gasteiger partial charge on any atom is 0.225 e. The highest BCUT2D eigenvalue weighted by Crippen LogP contribution is 2.23. The van der Waals surface area contributed by atoms with Gasteiger partial charge in [-0.2, -0.15) is 10.5 Å². The third-order valence-corrected chi connectivity index (χ3v) is 4.16. The van der Waals surface area contributed by atoms with Gasteiger partial charge in [0.1, 0.15) is 13.1 Å². The van der Waals surface area contributed by atoms with Gasteiger partial charge in [-0.15, -0.1) is 0 Å². The normalized spacial score (nSPS) is 17.7. The highest BCUT2D eigenvalue weighted by Gasteiger charge is 2.23. The molecule has 0 unspecified atom stereocenters. The summed E-state index contributed by atoms with van der Waals surface area (Å²) in [6.07, 6.45) is 0.247. The molecule has 0 N–H and O–H groups in total. The Morgan fingerprint density at radius 2 is 1.96 bits per heavy atom. The highest BCUT2D eigenvalue weighted by atomic mass is 35.5. The summed E-state index contributed by atoms with van der Waals surface area (Å²) >= 11 is 5.91. The molecule has 1 heterocycles. The lowest BCUT2D eigenvalue weighted by molar-refractivity contribution is -0.130. The Hall–Kier alpha value is -2.12. The molecule has 1 aliphatic rings. The summed E-state index contributed by atoms with van der Waals surface area (Å²) in [5.74, 6) is -0.173. The van der Waals surface area contributed by atoms with E-state index in [0.717, 1.165) is 12.1 Å².